The van der Waals surface area contributed by atoms with Gasteiger partial charge in [-0.2, -0.15) is 0 Å². The molecule has 3 rings (SSSR count). The van der Waals surface area contributed by atoms with Crippen molar-refractivity contribution in [3.63, 3.8) is 0 Å². The second kappa shape index (κ2) is 11.9. The van der Waals surface area contributed by atoms with Gasteiger partial charge in [0.1, 0.15) is 12.2 Å². The highest BCUT2D eigenvalue weighted by atomic mass is 127. The predicted octanol–water partition coefficient (Wildman–Crippen LogP) is 2.57. The van der Waals surface area contributed by atoms with Crippen molar-refractivity contribution in [2.24, 2.45) is 4.99 Å². The van der Waals surface area contributed by atoms with Gasteiger partial charge in [0.2, 0.25) is 0 Å². The smallest absolute Gasteiger partial charge is 0.191 e. The Morgan fingerprint density at radius 2 is 2.15 bits per heavy atom. The number of hydrogen-bond donors (Lipinski definition) is 2. The zero-order chi connectivity index (χ0) is 18.0. The molecule has 0 atom stereocenters. The molecule has 2 heterocycles. The van der Waals surface area contributed by atoms with Gasteiger partial charge in [0, 0.05) is 50.4 Å². The van der Waals surface area contributed by atoms with Gasteiger partial charge in [0.05, 0.1) is 0 Å². The van der Waals surface area contributed by atoms with E-state index in [9.17, 15) is 0 Å². The first-order chi connectivity index (χ1) is 12.8. The molecule has 8 heteroatoms. The van der Waals surface area contributed by atoms with Crippen LogP contribution >= 0.6 is 24.0 Å². The first-order valence-electron chi connectivity index (χ1n) is 9.66. The van der Waals surface area contributed by atoms with E-state index >= 15 is 0 Å². The van der Waals surface area contributed by atoms with E-state index < -0.39 is 0 Å². The summed E-state index contributed by atoms with van der Waals surface area (Å²) in [5.74, 6) is 1.92. The molecular formula is C19H30IN7. The molecule has 27 heavy (non-hydrogen) atoms. The maximum absolute atomic E-state index is 4.76. The van der Waals surface area contributed by atoms with Crippen LogP contribution in [0.4, 0.5) is 0 Å². The van der Waals surface area contributed by atoms with E-state index in [1.807, 2.05) is 24.4 Å². The van der Waals surface area contributed by atoms with Gasteiger partial charge in [-0.25, -0.2) is 0 Å². The molecule has 1 fully saturated rings. The van der Waals surface area contributed by atoms with Crippen molar-refractivity contribution in [1.82, 2.24) is 30.4 Å². The Hall–Kier alpha value is -1.71. The monoisotopic (exact) mass is 483 g/mol. The summed E-state index contributed by atoms with van der Waals surface area (Å²) in [5, 5.41) is 15.2. The van der Waals surface area contributed by atoms with Gasteiger partial charge in [0.15, 0.2) is 5.96 Å². The normalized spacial score (nSPS) is 14.8. The van der Waals surface area contributed by atoms with Crippen LogP contribution in [0, 0.1) is 0 Å². The van der Waals surface area contributed by atoms with E-state index in [4.69, 9.17) is 4.99 Å². The third-order valence-corrected chi connectivity index (χ3v) is 4.72. The number of rotatable bonds is 8. The summed E-state index contributed by atoms with van der Waals surface area (Å²) >= 11 is 0. The second-order valence-corrected chi connectivity index (χ2v) is 6.65. The molecule has 0 amide bonds. The van der Waals surface area contributed by atoms with Gasteiger partial charge >= 0.3 is 0 Å². The standard InChI is InChI=1S/C19H29N7.HI/c1-2-18-25-23-15-26(18)14-13-22-19(24-17-8-3-4-9-17)21-12-10-16-7-5-6-11-20-16;/h5-7,11,15,17H,2-4,8-10,12-14H2,1H3,(H2,21,22,24);1H. The summed E-state index contributed by atoms with van der Waals surface area (Å²) in [5.41, 5.74) is 1.08. The number of pyridine rings is 1. The van der Waals surface area contributed by atoms with Crippen LogP contribution in [-0.2, 0) is 19.4 Å². The second-order valence-electron chi connectivity index (χ2n) is 6.65. The molecule has 0 spiro atoms. The first kappa shape index (κ1) is 21.6. The van der Waals surface area contributed by atoms with Crippen LogP contribution in [0.2, 0.25) is 0 Å². The van der Waals surface area contributed by atoms with Crippen molar-refractivity contribution >= 4 is 29.9 Å². The summed E-state index contributed by atoms with van der Waals surface area (Å²) in [7, 11) is 0. The van der Waals surface area contributed by atoms with Crippen molar-refractivity contribution in [3.05, 3.63) is 42.2 Å². The Bertz CT molecular complexity index is 680. The van der Waals surface area contributed by atoms with Crippen LogP contribution in [0.15, 0.2) is 35.7 Å². The first-order valence-corrected chi connectivity index (χ1v) is 9.66. The molecule has 1 aliphatic rings. The van der Waals surface area contributed by atoms with Gasteiger partial charge in [0.25, 0.3) is 0 Å². The average Bonchev–Trinajstić information content (AvgIpc) is 3.34. The Morgan fingerprint density at radius 3 is 2.89 bits per heavy atom. The van der Waals surface area contributed by atoms with Crippen LogP contribution in [0.25, 0.3) is 0 Å². The summed E-state index contributed by atoms with van der Waals surface area (Å²) < 4.78 is 2.09. The summed E-state index contributed by atoms with van der Waals surface area (Å²) in [6.45, 7) is 4.46. The summed E-state index contributed by atoms with van der Waals surface area (Å²) in [6, 6.07) is 6.55. The molecule has 0 radical (unpaired) electrons. The number of aliphatic imine (C=N–C) groups is 1. The molecular weight excluding hydrogens is 453 g/mol. The quantitative estimate of drug-likeness (QED) is 0.343. The lowest BCUT2D eigenvalue weighted by Crippen LogP contribution is -2.43. The zero-order valence-electron chi connectivity index (χ0n) is 16.0. The van der Waals surface area contributed by atoms with Crippen molar-refractivity contribution in [1.29, 1.82) is 0 Å². The summed E-state index contributed by atoms with van der Waals surface area (Å²) in [4.78, 5) is 9.12. The van der Waals surface area contributed by atoms with Crippen molar-refractivity contribution in [3.8, 4) is 0 Å². The van der Waals surface area contributed by atoms with E-state index in [1.165, 1.54) is 25.7 Å². The zero-order valence-corrected chi connectivity index (χ0v) is 18.3. The predicted molar refractivity (Wildman–Crippen MR) is 118 cm³/mol. The highest BCUT2D eigenvalue weighted by molar-refractivity contribution is 14.0. The lowest BCUT2D eigenvalue weighted by atomic mass is 10.2. The van der Waals surface area contributed by atoms with Crippen LogP contribution in [0.3, 0.4) is 0 Å². The largest absolute Gasteiger partial charge is 0.355 e. The molecule has 0 aromatic carbocycles. The molecule has 1 aliphatic carbocycles. The Kier molecular flexibility index (Phi) is 9.51. The molecule has 148 valence electrons. The Balaban J connectivity index is 0.00000261. The number of guanidine groups is 1. The molecule has 2 N–H and O–H groups in total. The van der Waals surface area contributed by atoms with E-state index in [-0.39, 0.29) is 24.0 Å². The van der Waals surface area contributed by atoms with Crippen molar-refractivity contribution in [2.75, 3.05) is 13.1 Å². The van der Waals surface area contributed by atoms with Gasteiger partial charge < -0.3 is 15.2 Å². The van der Waals surface area contributed by atoms with Gasteiger partial charge in [-0.05, 0) is 25.0 Å². The number of halogens is 1. The minimum absolute atomic E-state index is 0. The Labute approximate surface area is 178 Å². The van der Waals surface area contributed by atoms with Crippen LogP contribution in [0.5, 0.6) is 0 Å². The maximum atomic E-state index is 4.76. The fraction of sp³-hybridized carbons (Fsp3) is 0.579. The maximum Gasteiger partial charge on any atom is 0.191 e. The number of aryl methyl sites for hydroxylation is 1. The number of aromatic nitrogens is 4. The molecule has 0 saturated heterocycles. The highest BCUT2D eigenvalue weighted by Gasteiger charge is 2.16. The van der Waals surface area contributed by atoms with Crippen LogP contribution < -0.4 is 10.6 Å². The SMILES string of the molecule is CCc1nncn1CCNC(=NCCc1ccccn1)NC1CCCC1.I. The van der Waals surface area contributed by atoms with Crippen molar-refractivity contribution in [2.45, 2.75) is 58.0 Å². The molecule has 2 aromatic heterocycles. The van der Waals surface area contributed by atoms with Gasteiger partial charge in [-0.15, -0.1) is 34.2 Å². The topological polar surface area (TPSA) is 80.0 Å². The number of nitrogens with one attached hydrogen (secondary N) is 2. The van der Waals surface area contributed by atoms with Crippen LogP contribution in [0.1, 0.15) is 44.1 Å². The Morgan fingerprint density at radius 1 is 1.30 bits per heavy atom. The molecule has 0 bridgehead atoms. The fourth-order valence-corrected chi connectivity index (χ4v) is 3.28. The molecule has 2 aromatic rings. The van der Waals surface area contributed by atoms with Gasteiger partial charge in [-0.1, -0.05) is 25.8 Å². The minimum atomic E-state index is 0. The highest BCUT2D eigenvalue weighted by Crippen LogP contribution is 2.17. The lowest BCUT2D eigenvalue weighted by molar-refractivity contribution is 0.592. The van der Waals surface area contributed by atoms with E-state index in [0.29, 0.717) is 6.04 Å². The molecule has 7 nitrogen and oxygen atoms in total. The number of hydrogen-bond acceptors (Lipinski definition) is 4. The average molecular weight is 483 g/mol. The van der Waals surface area contributed by atoms with E-state index in [1.54, 1.807) is 6.33 Å². The van der Waals surface area contributed by atoms with Crippen molar-refractivity contribution < 1.29 is 0 Å². The molecule has 0 aliphatic heterocycles. The minimum Gasteiger partial charge on any atom is -0.355 e. The molecule has 1 saturated carbocycles. The number of nitrogens with zero attached hydrogens (tertiary/aromatic N) is 5. The van der Waals surface area contributed by atoms with Gasteiger partial charge in [-0.3, -0.25) is 9.98 Å². The fourth-order valence-electron chi connectivity index (χ4n) is 3.28. The summed E-state index contributed by atoms with van der Waals surface area (Å²) in [6.07, 6.45) is 10.4. The third kappa shape index (κ3) is 7.08. The lowest BCUT2D eigenvalue weighted by Gasteiger charge is -2.17. The van der Waals surface area contributed by atoms with E-state index in [0.717, 1.165) is 50.0 Å². The third-order valence-electron chi connectivity index (χ3n) is 4.72. The van der Waals surface area contributed by atoms with E-state index in [2.05, 4.69) is 37.3 Å². The molecule has 0 unspecified atom stereocenters. The van der Waals surface area contributed by atoms with Crippen LogP contribution in [-0.4, -0.2) is 44.8 Å².